The predicted molar refractivity (Wildman–Crippen MR) is 68.8 cm³/mol. The van der Waals surface area contributed by atoms with Gasteiger partial charge < -0.3 is 15.0 Å². The van der Waals surface area contributed by atoms with Gasteiger partial charge in [-0.25, -0.2) is 0 Å². The van der Waals surface area contributed by atoms with Crippen LogP contribution in [-0.4, -0.2) is 50.3 Å². The molecule has 1 aliphatic heterocycles. The summed E-state index contributed by atoms with van der Waals surface area (Å²) in [5.74, 6) is 0.816. The molecule has 0 spiro atoms. The van der Waals surface area contributed by atoms with Crippen molar-refractivity contribution >= 4 is 0 Å². The summed E-state index contributed by atoms with van der Waals surface area (Å²) in [6.45, 7) is 11.7. The Hall–Kier alpha value is -0.120. The predicted octanol–water partition coefficient (Wildman–Crippen LogP) is 1.73. The Morgan fingerprint density at radius 2 is 2.19 bits per heavy atom. The number of ether oxygens (including phenoxy) is 1. The Morgan fingerprint density at radius 1 is 1.44 bits per heavy atom. The Balaban J connectivity index is 2.14. The summed E-state index contributed by atoms with van der Waals surface area (Å²) in [7, 11) is 2.22. The van der Waals surface area contributed by atoms with Crippen LogP contribution in [0.25, 0.3) is 0 Å². The van der Waals surface area contributed by atoms with Gasteiger partial charge in [0.2, 0.25) is 0 Å². The van der Waals surface area contributed by atoms with Gasteiger partial charge in [-0.05, 0) is 59.7 Å². The fraction of sp³-hybridized carbons (Fsp3) is 1.00. The molecule has 0 aliphatic carbocycles. The van der Waals surface area contributed by atoms with E-state index in [1.807, 2.05) is 0 Å². The van der Waals surface area contributed by atoms with Crippen molar-refractivity contribution in [3.05, 3.63) is 0 Å². The van der Waals surface area contributed by atoms with E-state index in [4.69, 9.17) is 4.74 Å². The lowest BCUT2D eigenvalue weighted by Crippen LogP contribution is -2.42. The molecule has 3 nitrogen and oxygen atoms in total. The van der Waals surface area contributed by atoms with Crippen LogP contribution in [0.5, 0.6) is 0 Å². The Morgan fingerprint density at radius 3 is 2.81 bits per heavy atom. The molecule has 1 rings (SSSR count). The van der Waals surface area contributed by atoms with Gasteiger partial charge in [-0.3, -0.25) is 0 Å². The topological polar surface area (TPSA) is 24.5 Å². The lowest BCUT2D eigenvalue weighted by Gasteiger charge is -2.31. The third kappa shape index (κ3) is 5.28. The lowest BCUT2D eigenvalue weighted by atomic mass is 9.98. The summed E-state index contributed by atoms with van der Waals surface area (Å²) >= 11 is 0. The van der Waals surface area contributed by atoms with Crippen molar-refractivity contribution in [2.24, 2.45) is 5.92 Å². The third-order valence-electron chi connectivity index (χ3n) is 3.24. The van der Waals surface area contributed by atoms with Crippen LogP contribution < -0.4 is 5.32 Å². The zero-order valence-corrected chi connectivity index (χ0v) is 11.4. The van der Waals surface area contributed by atoms with Crippen molar-refractivity contribution in [1.29, 1.82) is 0 Å². The van der Waals surface area contributed by atoms with Gasteiger partial charge >= 0.3 is 0 Å². The summed E-state index contributed by atoms with van der Waals surface area (Å²) in [4.78, 5) is 2.43. The molecule has 3 heteroatoms. The molecule has 0 aromatic carbocycles. The minimum Gasteiger partial charge on any atom is -0.375 e. The maximum Gasteiger partial charge on any atom is 0.0750 e. The first-order chi connectivity index (χ1) is 7.53. The van der Waals surface area contributed by atoms with Crippen LogP contribution in [0.3, 0.4) is 0 Å². The number of nitrogens with one attached hydrogen (secondary N) is 1. The van der Waals surface area contributed by atoms with Gasteiger partial charge in [-0.15, -0.1) is 0 Å². The summed E-state index contributed by atoms with van der Waals surface area (Å²) < 4.78 is 5.67. The molecule has 16 heavy (non-hydrogen) atoms. The Bertz CT molecular complexity index is 194. The molecule has 0 amide bonds. The van der Waals surface area contributed by atoms with Gasteiger partial charge in [0.15, 0.2) is 0 Å². The number of hydrogen-bond donors (Lipinski definition) is 1. The van der Waals surface area contributed by atoms with Gasteiger partial charge in [0, 0.05) is 19.7 Å². The monoisotopic (exact) mass is 228 g/mol. The second kappa shape index (κ2) is 6.58. The van der Waals surface area contributed by atoms with E-state index in [1.54, 1.807) is 0 Å². The molecule has 1 atom stereocenters. The van der Waals surface area contributed by atoms with E-state index in [2.05, 4.69) is 38.0 Å². The highest BCUT2D eigenvalue weighted by molar-refractivity contribution is 4.76. The van der Waals surface area contributed by atoms with Gasteiger partial charge in [0.1, 0.15) is 0 Å². The molecule has 1 fully saturated rings. The van der Waals surface area contributed by atoms with Crippen molar-refractivity contribution in [2.75, 3.05) is 39.8 Å². The molecule has 0 saturated carbocycles. The van der Waals surface area contributed by atoms with Crippen LogP contribution in [0.4, 0.5) is 0 Å². The first-order valence-corrected chi connectivity index (χ1v) is 6.56. The summed E-state index contributed by atoms with van der Waals surface area (Å²) in [5.41, 5.74) is -0.0324. The fourth-order valence-corrected chi connectivity index (χ4v) is 2.46. The first kappa shape index (κ1) is 13.9. The van der Waals surface area contributed by atoms with Crippen LogP contribution in [0, 0.1) is 5.92 Å². The highest BCUT2D eigenvalue weighted by Crippen LogP contribution is 2.14. The van der Waals surface area contributed by atoms with Gasteiger partial charge in [0.25, 0.3) is 0 Å². The van der Waals surface area contributed by atoms with Crippen LogP contribution in [0.15, 0.2) is 0 Å². The van der Waals surface area contributed by atoms with Crippen molar-refractivity contribution in [3.8, 4) is 0 Å². The highest BCUT2D eigenvalue weighted by Gasteiger charge is 2.20. The molecular weight excluding hydrogens is 200 g/mol. The van der Waals surface area contributed by atoms with Gasteiger partial charge in [-0.2, -0.15) is 0 Å². The zero-order valence-electron chi connectivity index (χ0n) is 11.4. The molecule has 0 radical (unpaired) electrons. The van der Waals surface area contributed by atoms with Gasteiger partial charge in [0.05, 0.1) is 5.60 Å². The third-order valence-corrected chi connectivity index (χ3v) is 3.24. The van der Waals surface area contributed by atoms with Crippen molar-refractivity contribution in [2.45, 2.75) is 39.2 Å². The van der Waals surface area contributed by atoms with Crippen molar-refractivity contribution in [1.82, 2.24) is 10.2 Å². The van der Waals surface area contributed by atoms with E-state index in [0.717, 1.165) is 25.6 Å². The molecule has 1 unspecified atom stereocenters. The zero-order chi connectivity index (χ0) is 12.0. The summed E-state index contributed by atoms with van der Waals surface area (Å²) in [6, 6.07) is 0. The second-order valence-electron chi connectivity index (χ2n) is 5.59. The molecular formula is C13H28N2O. The molecule has 1 N–H and O–H groups in total. The summed E-state index contributed by atoms with van der Waals surface area (Å²) in [5, 5.41) is 3.55. The standard InChI is InChI=1S/C13H28N2O/c1-5-16-13(2,3)11-14-9-12-7-6-8-15(4)10-12/h12,14H,5-11H2,1-4H3. The van der Waals surface area contributed by atoms with Crippen LogP contribution in [0.1, 0.15) is 33.6 Å². The largest absolute Gasteiger partial charge is 0.375 e. The van der Waals surface area contributed by atoms with Gasteiger partial charge in [-0.1, -0.05) is 0 Å². The molecule has 1 aliphatic rings. The minimum atomic E-state index is -0.0324. The Labute approximate surface area is 101 Å². The van der Waals surface area contributed by atoms with Crippen molar-refractivity contribution < 1.29 is 4.74 Å². The number of nitrogens with zero attached hydrogens (tertiary/aromatic N) is 1. The van der Waals surface area contributed by atoms with Crippen molar-refractivity contribution in [3.63, 3.8) is 0 Å². The molecule has 0 aromatic rings. The second-order valence-corrected chi connectivity index (χ2v) is 5.59. The fourth-order valence-electron chi connectivity index (χ4n) is 2.46. The van der Waals surface area contributed by atoms with E-state index < -0.39 is 0 Å². The average molecular weight is 228 g/mol. The van der Waals surface area contributed by atoms with Crippen LogP contribution in [-0.2, 0) is 4.74 Å². The number of hydrogen-bond acceptors (Lipinski definition) is 3. The number of likely N-dealkylation sites (tertiary alicyclic amines) is 1. The van der Waals surface area contributed by atoms with Crippen LogP contribution in [0.2, 0.25) is 0 Å². The highest BCUT2D eigenvalue weighted by atomic mass is 16.5. The maximum absolute atomic E-state index is 5.67. The smallest absolute Gasteiger partial charge is 0.0750 e. The minimum absolute atomic E-state index is 0.0324. The molecule has 0 bridgehead atoms. The SMILES string of the molecule is CCOC(C)(C)CNCC1CCCN(C)C1. The van der Waals surface area contributed by atoms with E-state index in [0.29, 0.717) is 0 Å². The lowest BCUT2D eigenvalue weighted by molar-refractivity contribution is -0.00965. The normalized spacial score (nSPS) is 23.6. The van der Waals surface area contributed by atoms with E-state index in [-0.39, 0.29) is 5.60 Å². The Kier molecular flexibility index (Phi) is 5.73. The number of rotatable bonds is 6. The quantitative estimate of drug-likeness (QED) is 0.749. The van der Waals surface area contributed by atoms with Crippen LogP contribution >= 0.6 is 0 Å². The van der Waals surface area contributed by atoms with E-state index in [1.165, 1.54) is 25.9 Å². The molecule has 96 valence electrons. The molecule has 1 saturated heterocycles. The first-order valence-electron chi connectivity index (χ1n) is 6.56. The maximum atomic E-state index is 5.67. The van der Waals surface area contributed by atoms with E-state index >= 15 is 0 Å². The molecule has 1 heterocycles. The molecule has 0 aromatic heterocycles. The summed E-state index contributed by atoms with van der Waals surface area (Å²) in [6.07, 6.45) is 2.71. The van der Waals surface area contributed by atoms with E-state index in [9.17, 15) is 0 Å². The number of piperidine rings is 1. The average Bonchev–Trinajstić information content (AvgIpc) is 2.17.